The zero-order valence-corrected chi connectivity index (χ0v) is 8.88. The third-order valence-corrected chi connectivity index (χ3v) is 1.50. The Kier molecular flexibility index (Phi) is 4.86. The fourth-order valence-corrected chi connectivity index (χ4v) is 0.878. The van der Waals surface area contributed by atoms with Gasteiger partial charge in [0.25, 0.3) is 5.56 Å². The summed E-state index contributed by atoms with van der Waals surface area (Å²) in [4.78, 5) is 34.6. The molecule has 14 heavy (non-hydrogen) atoms. The van der Waals surface area contributed by atoms with E-state index in [2.05, 4.69) is 4.98 Å². The van der Waals surface area contributed by atoms with Crippen LogP contribution in [0.3, 0.4) is 0 Å². The largest absolute Gasteiger partial charge is 0.336 e. The van der Waals surface area contributed by atoms with Crippen LogP contribution in [0, 0.1) is 6.92 Å². The summed E-state index contributed by atoms with van der Waals surface area (Å²) in [5.74, 6) is 0. The zero-order valence-electron chi connectivity index (χ0n) is 8.13. The van der Waals surface area contributed by atoms with Crippen LogP contribution in [-0.4, -0.2) is 14.9 Å². The van der Waals surface area contributed by atoms with Crippen LogP contribution in [0.25, 0.3) is 0 Å². The van der Waals surface area contributed by atoms with Gasteiger partial charge in [-0.1, -0.05) is 13.8 Å². The van der Waals surface area contributed by atoms with E-state index >= 15 is 0 Å². The van der Waals surface area contributed by atoms with Gasteiger partial charge in [0.15, 0.2) is 0 Å². The molecule has 1 N–H and O–H groups in total. The molecule has 0 bridgehead atoms. The summed E-state index contributed by atoms with van der Waals surface area (Å²) in [5, 5.41) is -1.11. The van der Waals surface area contributed by atoms with E-state index in [9.17, 15) is 14.4 Å². The van der Waals surface area contributed by atoms with Crippen molar-refractivity contribution in [2.75, 3.05) is 0 Å². The van der Waals surface area contributed by atoms with E-state index in [-0.39, 0.29) is 5.56 Å². The minimum Gasteiger partial charge on any atom is -0.313 e. The van der Waals surface area contributed by atoms with Crippen molar-refractivity contribution in [3.63, 3.8) is 0 Å². The van der Waals surface area contributed by atoms with Gasteiger partial charge in [0.05, 0.1) is 0 Å². The van der Waals surface area contributed by atoms with Gasteiger partial charge >= 0.3 is 11.1 Å². The monoisotopic (exact) mass is 218 g/mol. The van der Waals surface area contributed by atoms with Crippen LogP contribution in [0.1, 0.15) is 19.4 Å². The summed E-state index contributed by atoms with van der Waals surface area (Å²) in [6, 6.07) is 0. The average Bonchev–Trinajstić information content (AvgIpc) is 2.15. The zero-order chi connectivity index (χ0) is 11.3. The van der Waals surface area contributed by atoms with Crippen LogP contribution < -0.4 is 11.2 Å². The second-order valence-corrected chi connectivity index (χ2v) is 2.49. The maximum atomic E-state index is 11.1. The fraction of sp³-hybridized carbons (Fsp3) is 0.375. The van der Waals surface area contributed by atoms with Crippen LogP contribution in [0.4, 0.5) is 4.79 Å². The van der Waals surface area contributed by atoms with E-state index in [1.54, 1.807) is 0 Å². The molecule has 1 heterocycles. The van der Waals surface area contributed by atoms with Crippen LogP contribution in [0.15, 0.2) is 15.8 Å². The average molecular weight is 219 g/mol. The van der Waals surface area contributed by atoms with E-state index in [1.165, 1.54) is 13.1 Å². The first-order valence-electron chi connectivity index (χ1n) is 4.05. The van der Waals surface area contributed by atoms with E-state index in [1.807, 2.05) is 13.8 Å². The molecule has 0 radical (unpaired) electrons. The van der Waals surface area contributed by atoms with Crippen molar-refractivity contribution in [2.24, 2.45) is 0 Å². The molecule has 0 aliphatic heterocycles. The van der Waals surface area contributed by atoms with E-state index in [0.29, 0.717) is 4.57 Å². The molecule has 6 heteroatoms. The van der Waals surface area contributed by atoms with Gasteiger partial charge in [-0.25, -0.2) is 4.79 Å². The van der Waals surface area contributed by atoms with Crippen molar-refractivity contribution in [1.82, 2.24) is 9.55 Å². The smallest absolute Gasteiger partial charge is 0.313 e. The topological polar surface area (TPSA) is 71.9 Å². The third-order valence-electron chi connectivity index (χ3n) is 1.33. The maximum Gasteiger partial charge on any atom is 0.336 e. The van der Waals surface area contributed by atoms with Crippen LogP contribution >= 0.6 is 11.6 Å². The Hall–Kier alpha value is -1.36. The molecule has 0 unspecified atom stereocenters. The van der Waals surface area contributed by atoms with Gasteiger partial charge in [-0.15, -0.1) is 0 Å². The maximum absolute atomic E-state index is 11.1. The summed E-state index contributed by atoms with van der Waals surface area (Å²) in [5.41, 5.74) is -1.27. The van der Waals surface area contributed by atoms with Crippen molar-refractivity contribution < 1.29 is 4.79 Å². The van der Waals surface area contributed by atoms with E-state index < -0.39 is 16.6 Å². The number of H-pyrrole nitrogens is 1. The Bertz CT molecular complexity index is 433. The molecule has 78 valence electrons. The number of nitrogens with zero attached hydrogens (tertiary/aromatic N) is 1. The number of halogens is 1. The van der Waals surface area contributed by atoms with Gasteiger partial charge in [-0.2, -0.15) is 4.57 Å². The number of carbonyl (C=O) groups excluding carboxylic acids is 1. The standard InChI is InChI=1S/C6H5ClN2O3.C2H6/c1-3-2-8-6(12)9(4(3)10)5(7)11;1-2/h2H,1H3,(H,8,12);1-2H3. The summed E-state index contributed by atoms with van der Waals surface area (Å²) in [6.45, 7) is 5.47. The van der Waals surface area contributed by atoms with Crippen LogP contribution in [-0.2, 0) is 0 Å². The SMILES string of the molecule is CC.Cc1c[nH]c(=O)n(C(=O)Cl)c1=O. The normalized spacial score (nSPS) is 8.86. The molecule has 0 saturated heterocycles. The molecule has 0 fully saturated rings. The molecular weight excluding hydrogens is 208 g/mol. The molecule has 0 amide bonds. The lowest BCUT2D eigenvalue weighted by molar-refractivity contribution is 0.259. The highest BCUT2D eigenvalue weighted by atomic mass is 35.5. The Morgan fingerprint density at radius 1 is 1.43 bits per heavy atom. The van der Waals surface area contributed by atoms with Gasteiger partial charge in [-0.3, -0.25) is 9.59 Å². The molecule has 0 aliphatic rings. The van der Waals surface area contributed by atoms with Crippen molar-refractivity contribution >= 4 is 17.0 Å². The summed E-state index contributed by atoms with van der Waals surface area (Å²) >= 11 is 4.99. The van der Waals surface area contributed by atoms with Crippen molar-refractivity contribution in [1.29, 1.82) is 0 Å². The summed E-state index contributed by atoms with van der Waals surface area (Å²) in [6.07, 6.45) is 1.22. The third kappa shape index (κ3) is 2.56. The predicted molar refractivity (Wildman–Crippen MR) is 54.1 cm³/mol. The lowest BCUT2D eigenvalue weighted by Gasteiger charge is -1.96. The molecule has 0 spiro atoms. The van der Waals surface area contributed by atoms with Gasteiger partial charge in [0.1, 0.15) is 0 Å². The van der Waals surface area contributed by atoms with Gasteiger partial charge in [0, 0.05) is 11.8 Å². The molecule has 0 saturated carbocycles. The lowest BCUT2D eigenvalue weighted by Crippen LogP contribution is -2.38. The minimum atomic E-state index is -1.11. The summed E-state index contributed by atoms with van der Waals surface area (Å²) < 4.78 is 0.330. The van der Waals surface area contributed by atoms with Crippen LogP contribution in [0.2, 0.25) is 0 Å². The molecule has 5 nitrogen and oxygen atoms in total. The molecule has 1 rings (SSSR count). The highest BCUT2D eigenvalue weighted by Gasteiger charge is 2.08. The quantitative estimate of drug-likeness (QED) is 0.663. The number of aromatic nitrogens is 2. The first-order chi connectivity index (χ1) is 6.54. The Labute approximate surface area is 85.3 Å². The number of aryl methyl sites for hydroxylation is 1. The second-order valence-electron chi connectivity index (χ2n) is 2.17. The highest BCUT2D eigenvalue weighted by molar-refractivity contribution is 6.63. The van der Waals surface area contributed by atoms with Crippen molar-refractivity contribution in [3.05, 3.63) is 32.6 Å². The van der Waals surface area contributed by atoms with Crippen molar-refractivity contribution in [2.45, 2.75) is 20.8 Å². The molecule has 1 aromatic rings. The predicted octanol–water partition coefficient (Wildman–Crippen LogP) is 1.08. The Morgan fingerprint density at radius 2 is 1.93 bits per heavy atom. The number of carbonyl (C=O) groups is 1. The lowest BCUT2D eigenvalue weighted by atomic mass is 10.4. The Balaban J connectivity index is 0.000000791. The molecule has 1 aromatic heterocycles. The van der Waals surface area contributed by atoms with Gasteiger partial charge in [-0.05, 0) is 18.5 Å². The summed E-state index contributed by atoms with van der Waals surface area (Å²) in [7, 11) is 0. The first-order valence-corrected chi connectivity index (χ1v) is 4.43. The number of nitrogens with one attached hydrogen (secondary N) is 1. The van der Waals surface area contributed by atoms with Crippen LogP contribution in [0.5, 0.6) is 0 Å². The second kappa shape index (κ2) is 5.39. The molecule has 0 aromatic carbocycles. The number of aromatic amines is 1. The fourth-order valence-electron chi connectivity index (χ4n) is 0.725. The first kappa shape index (κ1) is 12.6. The van der Waals surface area contributed by atoms with Gasteiger partial charge in [0.2, 0.25) is 0 Å². The van der Waals surface area contributed by atoms with E-state index in [4.69, 9.17) is 11.6 Å². The van der Waals surface area contributed by atoms with E-state index in [0.717, 1.165) is 0 Å². The number of hydrogen-bond acceptors (Lipinski definition) is 3. The van der Waals surface area contributed by atoms with Gasteiger partial charge < -0.3 is 4.98 Å². The highest BCUT2D eigenvalue weighted by Crippen LogP contribution is 1.84. The molecule has 0 aliphatic carbocycles. The number of hydrogen-bond donors (Lipinski definition) is 1. The number of rotatable bonds is 0. The molecular formula is C8H11ClN2O3. The molecule has 0 atom stereocenters. The van der Waals surface area contributed by atoms with Crippen molar-refractivity contribution in [3.8, 4) is 0 Å². The minimum absolute atomic E-state index is 0.253. The Morgan fingerprint density at radius 3 is 2.29 bits per heavy atom.